The SMILES string of the molecule is CCCCC(=O)O[C@@H](CN(CC1CCCCC1)NC(=O)[C@@H](NC(=O)OCC)C(C)C)[C@H](Cc1ccccc1)NC(=O)[C@@H](NC(=O)OC)C(C)C. The van der Waals surface area contributed by atoms with Crippen molar-refractivity contribution in [3.63, 3.8) is 0 Å². The van der Waals surface area contributed by atoms with Crippen LogP contribution in [-0.2, 0) is 35.0 Å². The van der Waals surface area contributed by atoms with Gasteiger partial charge in [-0.25, -0.2) is 14.6 Å². The fourth-order valence-corrected chi connectivity index (χ4v) is 6.06. The average Bonchev–Trinajstić information content (AvgIpc) is 3.08. The second-order valence-electron chi connectivity index (χ2n) is 13.8. The first-order valence-electron chi connectivity index (χ1n) is 18.2. The summed E-state index contributed by atoms with van der Waals surface area (Å²) in [6.45, 7) is 11.7. The number of hydrogen-bond donors (Lipinski definition) is 4. The predicted octanol–water partition coefficient (Wildman–Crippen LogP) is 4.88. The van der Waals surface area contributed by atoms with Crippen LogP contribution in [0, 0.1) is 17.8 Å². The smallest absolute Gasteiger partial charge is 0.407 e. The molecule has 1 aromatic rings. The number of hydrazine groups is 1. The minimum absolute atomic E-state index is 0.0683. The Balaban J connectivity index is 2.53. The molecule has 4 N–H and O–H groups in total. The summed E-state index contributed by atoms with van der Waals surface area (Å²) in [5.74, 6) is -1.54. The lowest BCUT2D eigenvalue weighted by molar-refractivity contribution is -0.154. The van der Waals surface area contributed by atoms with Crippen molar-refractivity contribution in [3.8, 4) is 0 Å². The van der Waals surface area contributed by atoms with Gasteiger partial charge in [0.2, 0.25) is 5.91 Å². The van der Waals surface area contributed by atoms with Gasteiger partial charge < -0.3 is 30.2 Å². The minimum atomic E-state index is -0.920. The normalized spacial score (nSPS) is 15.8. The van der Waals surface area contributed by atoms with E-state index in [0.29, 0.717) is 19.4 Å². The minimum Gasteiger partial charge on any atom is -0.459 e. The highest BCUT2D eigenvalue weighted by molar-refractivity contribution is 5.86. The number of methoxy groups -OCH3 is 1. The molecule has 4 atom stereocenters. The van der Waals surface area contributed by atoms with Crippen LogP contribution in [0.5, 0.6) is 0 Å². The molecule has 1 aromatic carbocycles. The third-order valence-corrected chi connectivity index (χ3v) is 8.87. The molecule has 282 valence electrons. The Morgan fingerprint density at radius 3 is 2.04 bits per heavy atom. The Labute approximate surface area is 298 Å². The van der Waals surface area contributed by atoms with E-state index in [1.165, 1.54) is 7.11 Å². The van der Waals surface area contributed by atoms with Gasteiger partial charge in [-0.15, -0.1) is 0 Å². The highest BCUT2D eigenvalue weighted by atomic mass is 16.6. The average molecular weight is 704 g/mol. The standard InChI is InChI=1S/C37H61N5O8/c1-8-10-21-31(43)50-30(29(22-27-17-13-11-14-18-27)38-34(44)32(25(3)4)39-36(46)48-7)24-42(23-28-19-15-12-16-20-28)41-35(45)33(26(5)6)40-37(47)49-9-2/h11,13-14,17-18,25-26,28-30,32-33H,8-10,12,15-16,19-24H2,1-7H3,(H,38,44)(H,39,46)(H,40,47)(H,41,45)/t29-,30-,32-,33-/m0/s1. The van der Waals surface area contributed by atoms with E-state index in [1.54, 1.807) is 11.9 Å². The summed E-state index contributed by atoms with van der Waals surface area (Å²) in [6.07, 6.45) is 4.92. The molecule has 13 heteroatoms. The maximum atomic E-state index is 13.8. The molecule has 1 aliphatic carbocycles. The van der Waals surface area contributed by atoms with Crippen LogP contribution in [-0.4, -0.2) is 86.0 Å². The summed E-state index contributed by atoms with van der Waals surface area (Å²) in [5, 5.41) is 10.1. The van der Waals surface area contributed by atoms with Gasteiger partial charge in [-0.2, -0.15) is 0 Å². The van der Waals surface area contributed by atoms with Gasteiger partial charge in [0, 0.05) is 13.0 Å². The summed E-state index contributed by atoms with van der Waals surface area (Å²) in [5.41, 5.74) is 3.93. The fraction of sp³-hybridized carbons (Fsp3) is 0.703. The zero-order chi connectivity index (χ0) is 37.1. The first kappa shape index (κ1) is 42.3. The lowest BCUT2D eigenvalue weighted by atomic mass is 9.89. The molecule has 0 saturated heterocycles. The molecule has 2 rings (SSSR count). The molecule has 50 heavy (non-hydrogen) atoms. The maximum absolute atomic E-state index is 13.8. The van der Waals surface area contributed by atoms with E-state index in [0.717, 1.165) is 44.1 Å². The van der Waals surface area contributed by atoms with E-state index in [2.05, 4.69) is 21.4 Å². The van der Waals surface area contributed by atoms with Crippen LogP contribution >= 0.6 is 0 Å². The van der Waals surface area contributed by atoms with Gasteiger partial charge in [-0.1, -0.05) is 90.6 Å². The number of carbonyl (C=O) groups excluding carboxylic acids is 5. The molecule has 1 aliphatic rings. The number of amides is 4. The van der Waals surface area contributed by atoms with Crippen molar-refractivity contribution in [1.29, 1.82) is 0 Å². The van der Waals surface area contributed by atoms with Gasteiger partial charge in [-0.05, 0) is 55.9 Å². The van der Waals surface area contributed by atoms with E-state index in [-0.39, 0.29) is 37.3 Å². The number of carbonyl (C=O) groups is 5. The second-order valence-corrected chi connectivity index (χ2v) is 13.8. The summed E-state index contributed by atoms with van der Waals surface area (Å²) in [4.78, 5) is 65.4. The monoisotopic (exact) mass is 703 g/mol. The van der Waals surface area contributed by atoms with Crippen LogP contribution < -0.4 is 21.4 Å². The molecule has 0 heterocycles. The van der Waals surface area contributed by atoms with Gasteiger partial charge in [0.1, 0.15) is 18.2 Å². The number of unbranched alkanes of at least 4 members (excludes halogenated alkanes) is 1. The lowest BCUT2D eigenvalue weighted by Crippen LogP contribution is -2.60. The third-order valence-electron chi connectivity index (χ3n) is 8.87. The quantitative estimate of drug-likeness (QED) is 0.0842. The molecule has 0 unspecified atom stereocenters. The molecule has 4 amide bonds. The molecule has 1 saturated carbocycles. The van der Waals surface area contributed by atoms with E-state index in [4.69, 9.17) is 14.2 Å². The largest absolute Gasteiger partial charge is 0.459 e. The van der Waals surface area contributed by atoms with Gasteiger partial charge >= 0.3 is 18.2 Å². The van der Waals surface area contributed by atoms with Crippen molar-refractivity contribution in [2.45, 2.75) is 124 Å². The van der Waals surface area contributed by atoms with Gasteiger partial charge in [0.05, 0.1) is 26.3 Å². The summed E-state index contributed by atoms with van der Waals surface area (Å²) < 4.78 is 16.0. The molecule has 13 nitrogen and oxygen atoms in total. The van der Waals surface area contributed by atoms with Gasteiger partial charge in [-0.3, -0.25) is 19.8 Å². The van der Waals surface area contributed by atoms with Crippen molar-refractivity contribution in [2.75, 3.05) is 26.8 Å². The number of esters is 1. The number of alkyl carbamates (subject to hydrolysis) is 2. The summed E-state index contributed by atoms with van der Waals surface area (Å²) >= 11 is 0. The van der Waals surface area contributed by atoms with Crippen molar-refractivity contribution < 1.29 is 38.2 Å². The van der Waals surface area contributed by atoms with Crippen LogP contribution in [0.4, 0.5) is 9.59 Å². The molecule has 0 aliphatic heterocycles. The number of hydrogen-bond acceptors (Lipinski definition) is 9. The lowest BCUT2D eigenvalue weighted by Gasteiger charge is -2.36. The van der Waals surface area contributed by atoms with E-state index >= 15 is 0 Å². The predicted molar refractivity (Wildman–Crippen MR) is 191 cm³/mol. The van der Waals surface area contributed by atoms with Gasteiger partial charge in [0.15, 0.2) is 0 Å². The highest BCUT2D eigenvalue weighted by Gasteiger charge is 2.35. The zero-order valence-corrected chi connectivity index (χ0v) is 31.1. The molecule has 1 fully saturated rings. The number of nitrogens with zero attached hydrogens (tertiary/aromatic N) is 1. The first-order chi connectivity index (χ1) is 23.9. The van der Waals surface area contributed by atoms with E-state index < -0.39 is 54.2 Å². The Morgan fingerprint density at radius 2 is 1.46 bits per heavy atom. The Hall–Kier alpha value is -3.87. The number of rotatable bonds is 20. The summed E-state index contributed by atoms with van der Waals surface area (Å²) in [6, 6.07) is 7.00. The fourth-order valence-electron chi connectivity index (χ4n) is 6.06. The van der Waals surface area contributed by atoms with Crippen LogP contribution in [0.15, 0.2) is 30.3 Å². The van der Waals surface area contributed by atoms with E-state index in [1.807, 2.05) is 65.0 Å². The molecule has 0 spiro atoms. The Kier molecular flexibility index (Phi) is 19.3. The molecule has 0 aromatic heterocycles. The topological polar surface area (TPSA) is 164 Å². The number of benzene rings is 1. The number of ether oxygens (including phenoxy) is 3. The zero-order valence-electron chi connectivity index (χ0n) is 31.1. The number of nitrogens with one attached hydrogen (secondary N) is 4. The van der Waals surface area contributed by atoms with Crippen molar-refractivity contribution in [2.24, 2.45) is 17.8 Å². The second kappa shape index (κ2) is 22.8. The van der Waals surface area contributed by atoms with Crippen molar-refractivity contribution in [1.82, 2.24) is 26.4 Å². The highest BCUT2D eigenvalue weighted by Crippen LogP contribution is 2.25. The summed E-state index contributed by atoms with van der Waals surface area (Å²) in [7, 11) is 1.23. The van der Waals surface area contributed by atoms with Crippen LogP contribution in [0.1, 0.15) is 98.5 Å². The molecule has 0 radical (unpaired) electrons. The maximum Gasteiger partial charge on any atom is 0.407 e. The third kappa shape index (κ3) is 15.3. The van der Waals surface area contributed by atoms with E-state index in [9.17, 15) is 24.0 Å². The Bertz CT molecular complexity index is 1190. The van der Waals surface area contributed by atoms with Crippen molar-refractivity contribution >= 4 is 30.0 Å². The molecular formula is C37H61N5O8. The molecular weight excluding hydrogens is 642 g/mol. The molecule has 0 bridgehead atoms. The van der Waals surface area contributed by atoms with Crippen LogP contribution in [0.2, 0.25) is 0 Å². The van der Waals surface area contributed by atoms with Crippen LogP contribution in [0.25, 0.3) is 0 Å². The Morgan fingerprint density at radius 1 is 0.840 bits per heavy atom. The first-order valence-corrected chi connectivity index (χ1v) is 18.2. The van der Waals surface area contributed by atoms with Crippen molar-refractivity contribution in [3.05, 3.63) is 35.9 Å². The van der Waals surface area contributed by atoms with Gasteiger partial charge in [0.25, 0.3) is 5.91 Å². The van der Waals surface area contributed by atoms with Crippen LogP contribution in [0.3, 0.4) is 0 Å².